The zero-order valence-corrected chi connectivity index (χ0v) is 32.2. The van der Waals surface area contributed by atoms with Gasteiger partial charge in [0.1, 0.15) is 28.9 Å². The van der Waals surface area contributed by atoms with Crippen LogP contribution >= 0.6 is 7.26 Å². The van der Waals surface area contributed by atoms with Crippen molar-refractivity contribution in [2.24, 2.45) is 20.4 Å². The molecule has 0 unspecified atom stereocenters. The van der Waals surface area contributed by atoms with Gasteiger partial charge < -0.3 is 62.5 Å². The van der Waals surface area contributed by atoms with Crippen LogP contribution in [0.4, 0.5) is 5.69 Å². The number of amidine groups is 2. The molecule has 0 saturated carbocycles. The van der Waals surface area contributed by atoms with Crippen LogP contribution in [0.2, 0.25) is 0 Å². The van der Waals surface area contributed by atoms with Crippen LogP contribution in [0.5, 0.6) is 0 Å². The average molecular weight is 812 g/mol. The molecule has 0 aliphatic carbocycles. The fourth-order valence-electron chi connectivity index (χ4n) is 4.75. The Labute approximate surface area is 317 Å². The van der Waals surface area contributed by atoms with Crippen LogP contribution in [0.1, 0.15) is 12.5 Å². The van der Waals surface area contributed by atoms with Gasteiger partial charge in [-0.1, -0.05) is 66.7 Å². The maximum Gasteiger partial charge on any atom is 2.00 e. The standard InChI is InChI=1S/C35H40N7OPS2.BrH.Cu/c1-27(33(39-40-34(45)36-2)28-20-22-29(23-21-28)42(3)4)38-41-35(46)37-24-25-43-26-44(30-14-8-5-9-15-30,31-16-10-6-11-17-31)32-18-12-7-13-19-32;;/h5-23H,24-26H2,1-4H3,(H3-,36,37,38,39,40,41,45,46);1H;/q;;+2/p-2. The summed E-state index contributed by atoms with van der Waals surface area (Å²) in [5.74, 6) is 0. The summed E-state index contributed by atoms with van der Waals surface area (Å²) in [6.07, 6.45) is 0.554. The van der Waals surface area contributed by atoms with Gasteiger partial charge in [-0.3, -0.25) is 0 Å². The van der Waals surface area contributed by atoms with Crippen LogP contribution < -0.4 is 48.4 Å². The van der Waals surface area contributed by atoms with E-state index in [0.29, 0.717) is 30.9 Å². The number of rotatable bonds is 13. The van der Waals surface area contributed by atoms with Crippen LogP contribution in [0, 0.1) is 0 Å². The molecular formula is C35H39BrCuN7OPS2. The first-order chi connectivity index (χ1) is 22.3. The SMILES string of the molecule is CNC([S-])=NN=C(C(C)=NN=C([S-])NCCOC[P+](c1ccccc1)(c1ccccc1)c1ccccc1)c1ccc(N(C)C)cc1.[Br-].[Cu+2]. The number of nitrogens with one attached hydrogen (secondary N) is 2. The van der Waals surface area contributed by atoms with Gasteiger partial charge in [-0.25, -0.2) is 0 Å². The van der Waals surface area contributed by atoms with E-state index in [9.17, 15) is 0 Å². The summed E-state index contributed by atoms with van der Waals surface area (Å²) < 4.78 is 6.42. The second kappa shape index (κ2) is 21.0. The summed E-state index contributed by atoms with van der Waals surface area (Å²) in [4.78, 5) is 2.03. The predicted molar refractivity (Wildman–Crippen MR) is 203 cm³/mol. The summed E-state index contributed by atoms with van der Waals surface area (Å²) >= 11 is 10.6. The Morgan fingerprint density at radius 1 is 0.708 bits per heavy atom. The molecule has 0 amide bonds. The number of halogens is 1. The first-order valence-corrected chi connectivity index (χ1v) is 17.6. The molecule has 2 N–H and O–H groups in total. The molecule has 1 radical (unpaired) electrons. The molecule has 4 aromatic rings. The van der Waals surface area contributed by atoms with Crippen LogP contribution in [-0.4, -0.2) is 62.4 Å². The Bertz CT molecular complexity index is 1560. The summed E-state index contributed by atoms with van der Waals surface area (Å²) in [6.45, 7) is 2.73. The minimum atomic E-state index is -2.07. The molecule has 0 spiro atoms. The maximum atomic E-state index is 6.42. The van der Waals surface area contributed by atoms with Crippen molar-refractivity contribution in [1.82, 2.24) is 10.6 Å². The van der Waals surface area contributed by atoms with E-state index < -0.39 is 7.26 Å². The minimum Gasteiger partial charge on any atom is -1.00 e. The molecule has 0 aromatic heterocycles. The smallest absolute Gasteiger partial charge is 1.00 e. The molecule has 0 atom stereocenters. The first-order valence-electron chi connectivity index (χ1n) is 14.8. The third-order valence-electron chi connectivity index (χ3n) is 7.14. The molecule has 0 aliphatic heterocycles. The van der Waals surface area contributed by atoms with Gasteiger partial charge in [-0.05, 0) is 65.8 Å². The minimum absolute atomic E-state index is 0. The number of hydrogen-bond donors (Lipinski definition) is 2. The second-order valence-electron chi connectivity index (χ2n) is 10.4. The third-order valence-corrected chi connectivity index (χ3v) is 11.8. The van der Waals surface area contributed by atoms with Crippen molar-refractivity contribution in [1.29, 1.82) is 0 Å². The van der Waals surface area contributed by atoms with Gasteiger partial charge in [0.25, 0.3) is 0 Å². The molecule has 0 bridgehead atoms. The van der Waals surface area contributed by atoms with Crippen LogP contribution in [-0.2, 0) is 47.1 Å². The Hall–Kier alpha value is -3.21. The summed E-state index contributed by atoms with van der Waals surface area (Å²) in [7, 11) is 3.60. The zero-order chi connectivity index (χ0) is 32.8. The number of hydrogen-bond acceptors (Lipinski definition) is 8. The van der Waals surface area contributed by atoms with Crippen molar-refractivity contribution >= 4 is 75.9 Å². The van der Waals surface area contributed by atoms with E-state index in [1.165, 1.54) is 15.9 Å². The van der Waals surface area contributed by atoms with Crippen LogP contribution in [0.3, 0.4) is 0 Å². The van der Waals surface area contributed by atoms with E-state index in [-0.39, 0.29) is 44.4 Å². The number of anilines is 1. The first kappa shape index (κ1) is 41.0. The fourth-order valence-corrected chi connectivity index (χ4v) is 8.73. The van der Waals surface area contributed by atoms with Gasteiger partial charge >= 0.3 is 17.1 Å². The molecular weight excluding hydrogens is 773 g/mol. The van der Waals surface area contributed by atoms with Gasteiger partial charge in [-0.2, -0.15) is 15.3 Å². The van der Waals surface area contributed by atoms with Crippen LogP contribution in [0.25, 0.3) is 0 Å². The normalized spacial score (nSPS) is 12.4. The fraction of sp³-hybridized carbons (Fsp3) is 0.200. The molecule has 8 nitrogen and oxygen atoms in total. The quantitative estimate of drug-likeness (QED) is 0.0405. The third kappa shape index (κ3) is 11.2. The molecule has 0 fully saturated rings. The molecule has 0 aliphatic rings. The van der Waals surface area contributed by atoms with E-state index in [0.717, 1.165) is 11.3 Å². The maximum absolute atomic E-state index is 6.42. The summed E-state index contributed by atoms with van der Waals surface area (Å²) in [6, 6.07) is 39.9. The van der Waals surface area contributed by atoms with E-state index in [1.54, 1.807) is 7.05 Å². The predicted octanol–water partition coefficient (Wildman–Crippen LogP) is 1.42. The van der Waals surface area contributed by atoms with Crippen molar-refractivity contribution in [3.63, 3.8) is 0 Å². The van der Waals surface area contributed by atoms with Crippen molar-refractivity contribution in [2.75, 3.05) is 45.5 Å². The molecule has 4 rings (SSSR count). The van der Waals surface area contributed by atoms with E-state index in [1.807, 2.05) is 50.2 Å². The van der Waals surface area contributed by atoms with E-state index >= 15 is 0 Å². The van der Waals surface area contributed by atoms with Gasteiger partial charge in [0.05, 0.1) is 12.3 Å². The average Bonchev–Trinajstić information content (AvgIpc) is 3.10. The van der Waals surface area contributed by atoms with Crippen molar-refractivity contribution < 1.29 is 38.8 Å². The molecule has 4 aromatic carbocycles. The Morgan fingerprint density at radius 3 is 1.65 bits per heavy atom. The van der Waals surface area contributed by atoms with Crippen molar-refractivity contribution in [3.8, 4) is 0 Å². The number of benzene rings is 4. The van der Waals surface area contributed by atoms with Gasteiger partial charge in [0, 0.05) is 38.9 Å². The molecule has 13 heteroatoms. The van der Waals surface area contributed by atoms with Crippen LogP contribution in [0.15, 0.2) is 136 Å². The van der Waals surface area contributed by atoms with Gasteiger partial charge in [0.15, 0.2) is 6.35 Å². The summed E-state index contributed by atoms with van der Waals surface area (Å²) in [5, 5.41) is 27.3. The molecule has 255 valence electrons. The van der Waals surface area contributed by atoms with Crippen molar-refractivity contribution in [3.05, 3.63) is 121 Å². The Kier molecular flexibility index (Phi) is 17.9. The van der Waals surface area contributed by atoms with Gasteiger partial charge in [0.2, 0.25) is 0 Å². The molecule has 0 heterocycles. The summed E-state index contributed by atoms with van der Waals surface area (Å²) in [5.41, 5.74) is 2.98. The van der Waals surface area contributed by atoms with E-state index in [4.69, 9.17) is 30.0 Å². The van der Waals surface area contributed by atoms with Crippen molar-refractivity contribution in [2.45, 2.75) is 6.92 Å². The number of nitrogens with zero attached hydrogens (tertiary/aromatic N) is 5. The largest absolute Gasteiger partial charge is 2.00 e. The van der Waals surface area contributed by atoms with E-state index in [2.05, 4.69) is 122 Å². The Balaban J connectivity index is 0.00000400. The Morgan fingerprint density at radius 2 is 1.19 bits per heavy atom. The zero-order valence-electron chi connectivity index (χ0n) is 27.2. The second-order valence-corrected chi connectivity index (χ2v) is 14.6. The monoisotopic (exact) mass is 810 g/mol. The molecule has 0 saturated heterocycles. The molecule has 48 heavy (non-hydrogen) atoms. The van der Waals surface area contributed by atoms with Gasteiger partial charge in [-0.15, -0.1) is 5.10 Å². The number of ether oxygens (including phenoxy) is 1. The topological polar surface area (TPSA) is 86.0 Å².